The molecule has 0 amide bonds. The molecule has 0 radical (unpaired) electrons. The highest BCUT2D eigenvalue weighted by molar-refractivity contribution is 5.94. The molecule has 0 bridgehead atoms. The maximum Gasteiger partial charge on any atom is 0.269 e. The Bertz CT molecular complexity index is 917. The minimum atomic E-state index is -0.421. The Hall–Kier alpha value is -3.53. The van der Waals surface area contributed by atoms with Crippen molar-refractivity contribution >= 4 is 17.3 Å². The lowest BCUT2D eigenvalue weighted by Gasteiger charge is -2.18. The fraction of sp³-hybridized carbons (Fsp3) is 0.409. The second kappa shape index (κ2) is 11.2. The zero-order chi connectivity index (χ0) is 22.9. The van der Waals surface area contributed by atoms with Gasteiger partial charge in [0.15, 0.2) is 17.5 Å². The Morgan fingerprint density at radius 2 is 1.84 bits per heavy atom. The number of non-ortho nitro benzene ring substituents is 1. The van der Waals surface area contributed by atoms with E-state index in [1.807, 2.05) is 0 Å². The van der Waals surface area contributed by atoms with E-state index in [4.69, 9.17) is 18.9 Å². The Morgan fingerprint density at radius 1 is 1.16 bits per heavy atom. The highest BCUT2D eigenvalue weighted by Gasteiger charge is 2.17. The summed E-state index contributed by atoms with van der Waals surface area (Å²) in [6, 6.07) is 9.93. The topological polar surface area (TPSA) is 116 Å². The SMILES string of the molecule is COc1cc(NC(=NCc2ccc([N+](=O)[O-])cc2)NCC2CCOC2)cc(OC)c1OC. The highest BCUT2D eigenvalue weighted by Crippen LogP contribution is 2.39. The van der Waals surface area contributed by atoms with Gasteiger partial charge in [0.25, 0.3) is 5.69 Å². The molecule has 10 heteroatoms. The molecule has 0 aliphatic carbocycles. The lowest BCUT2D eigenvalue weighted by molar-refractivity contribution is -0.384. The summed E-state index contributed by atoms with van der Waals surface area (Å²) in [6.07, 6.45) is 0.993. The summed E-state index contributed by atoms with van der Waals surface area (Å²) in [7, 11) is 4.67. The van der Waals surface area contributed by atoms with Crippen LogP contribution in [-0.4, -0.2) is 52.0 Å². The van der Waals surface area contributed by atoms with Gasteiger partial charge in [-0.3, -0.25) is 10.1 Å². The third-order valence-corrected chi connectivity index (χ3v) is 5.08. The van der Waals surface area contributed by atoms with Crippen LogP contribution in [0.5, 0.6) is 17.2 Å². The van der Waals surface area contributed by atoms with Crippen molar-refractivity contribution < 1.29 is 23.9 Å². The van der Waals surface area contributed by atoms with Crippen molar-refractivity contribution in [3.63, 3.8) is 0 Å². The van der Waals surface area contributed by atoms with Gasteiger partial charge >= 0.3 is 0 Å². The van der Waals surface area contributed by atoms with Crippen LogP contribution < -0.4 is 24.8 Å². The van der Waals surface area contributed by atoms with E-state index in [9.17, 15) is 10.1 Å². The molecule has 1 aliphatic rings. The first-order valence-electron chi connectivity index (χ1n) is 10.2. The van der Waals surface area contributed by atoms with E-state index in [1.165, 1.54) is 12.1 Å². The number of hydrogen-bond donors (Lipinski definition) is 2. The normalized spacial score (nSPS) is 15.8. The van der Waals surface area contributed by atoms with E-state index in [1.54, 1.807) is 45.6 Å². The Balaban J connectivity index is 1.80. The van der Waals surface area contributed by atoms with Crippen LogP contribution in [0.25, 0.3) is 0 Å². The number of anilines is 1. The van der Waals surface area contributed by atoms with Gasteiger partial charge in [-0.15, -0.1) is 0 Å². The molecular weight excluding hydrogens is 416 g/mol. The molecule has 0 saturated carbocycles. The van der Waals surface area contributed by atoms with E-state index in [2.05, 4.69) is 15.6 Å². The molecule has 1 atom stereocenters. The van der Waals surface area contributed by atoms with Crippen LogP contribution in [0, 0.1) is 16.0 Å². The third kappa shape index (κ3) is 6.01. The summed E-state index contributed by atoms with van der Waals surface area (Å²) < 4.78 is 21.7. The molecular formula is C22H28N4O6. The van der Waals surface area contributed by atoms with Gasteiger partial charge < -0.3 is 29.6 Å². The maximum absolute atomic E-state index is 10.9. The second-order valence-corrected chi connectivity index (χ2v) is 7.24. The van der Waals surface area contributed by atoms with Gasteiger partial charge in [-0.05, 0) is 12.0 Å². The molecule has 2 aromatic carbocycles. The number of nitro benzene ring substituents is 1. The molecule has 0 spiro atoms. The number of nitro groups is 1. The van der Waals surface area contributed by atoms with Gasteiger partial charge in [0.05, 0.1) is 39.4 Å². The molecule has 0 aromatic heterocycles. The molecule has 1 fully saturated rings. The monoisotopic (exact) mass is 444 g/mol. The van der Waals surface area contributed by atoms with Crippen LogP contribution in [0.3, 0.4) is 0 Å². The molecule has 3 rings (SSSR count). The van der Waals surface area contributed by atoms with Crippen LogP contribution in [0.2, 0.25) is 0 Å². The largest absolute Gasteiger partial charge is 0.493 e. The van der Waals surface area contributed by atoms with Crippen LogP contribution in [0.1, 0.15) is 12.0 Å². The fourth-order valence-electron chi connectivity index (χ4n) is 3.31. The average Bonchev–Trinajstić information content (AvgIpc) is 3.34. The van der Waals surface area contributed by atoms with Crippen LogP contribution in [0.4, 0.5) is 11.4 Å². The number of ether oxygens (including phenoxy) is 4. The van der Waals surface area contributed by atoms with Crippen molar-refractivity contribution in [1.29, 1.82) is 0 Å². The van der Waals surface area contributed by atoms with Gasteiger partial charge in [0, 0.05) is 49.0 Å². The lowest BCUT2D eigenvalue weighted by atomic mass is 10.1. The van der Waals surface area contributed by atoms with Crippen LogP contribution in [-0.2, 0) is 11.3 Å². The van der Waals surface area contributed by atoms with Gasteiger partial charge in [-0.2, -0.15) is 0 Å². The summed E-state index contributed by atoms with van der Waals surface area (Å²) in [5, 5.41) is 17.5. The Labute approximate surface area is 186 Å². The number of rotatable bonds is 9. The van der Waals surface area contributed by atoms with E-state index < -0.39 is 4.92 Å². The first-order valence-corrected chi connectivity index (χ1v) is 10.2. The maximum atomic E-state index is 10.9. The Morgan fingerprint density at radius 3 is 2.38 bits per heavy atom. The van der Waals surface area contributed by atoms with Crippen molar-refractivity contribution in [2.75, 3.05) is 46.4 Å². The van der Waals surface area contributed by atoms with E-state index >= 15 is 0 Å². The summed E-state index contributed by atoms with van der Waals surface area (Å²) >= 11 is 0. The Kier molecular flexibility index (Phi) is 8.09. The average molecular weight is 444 g/mol. The molecule has 10 nitrogen and oxygen atoms in total. The first kappa shape index (κ1) is 23.1. The predicted molar refractivity (Wildman–Crippen MR) is 121 cm³/mol. The minimum absolute atomic E-state index is 0.0489. The van der Waals surface area contributed by atoms with Crippen molar-refractivity contribution in [3.8, 4) is 17.2 Å². The van der Waals surface area contributed by atoms with Crippen molar-refractivity contribution in [2.24, 2.45) is 10.9 Å². The number of methoxy groups -OCH3 is 3. The van der Waals surface area contributed by atoms with Gasteiger partial charge in [-0.1, -0.05) is 12.1 Å². The molecule has 172 valence electrons. The zero-order valence-corrected chi connectivity index (χ0v) is 18.4. The zero-order valence-electron chi connectivity index (χ0n) is 18.4. The van der Waals surface area contributed by atoms with E-state index in [-0.39, 0.29) is 5.69 Å². The second-order valence-electron chi connectivity index (χ2n) is 7.24. The molecule has 2 N–H and O–H groups in total. The molecule has 1 unspecified atom stereocenters. The number of hydrogen-bond acceptors (Lipinski definition) is 7. The van der Waals surface area contributed by atoms with Crippen molar-refractivity contribution in [1.82, 2.24) is 5.32 Å². The fourth-order valence-corrected chi connectivity index (χ4v) is 3.31. The lowest BCUT2D eigenvalue weighted by Crippen LogP contribution is -2.35. The summed E-state index contributed by atoms with van der Waals surface area (Å²) in [4.78, 5) is 15.1. The summed E-state index contributed by atoms with van der Waals surface area (Å²) in [5.41, 5.74) is 1.61. The van der Waals surface area contributed by atoms with Gasteiger partial charge in [-0.25, -0.2) is 4.99 Å². The molecule has 2 aromatic rings. The summed E-state index contributed by atoms with van der Waals surface area (Å²) in [5.74, 6) is 2.51. The quantitative estimate of drug-likeness (QED) is 0.262. The minimum Gasteiger partial charge on any atom is -0.493 e. The van der Waals surface area contributed by atoms with Gasteiger partial charge in [0.2, 0.25) is 5.75 Å². The smallest absolute Gasteiger partial charge is 0.269 e. The number of nitrogens with one attached hydrogen (secondary N) is 2. The summed E-state index contributed by atoms with van der Waals surface area (Å²) in [6.45, 7) is 2.53. The molecule has 1 saturated heterocycles. The third-order valence-electron chi connectivity index (χ3n) is 5.08. The van der Waals surface area contributed by atoms with E-state index in [0.29, 0.717) is 54.5 Å². The number of aliphatic imine (C=N–C) groups is 1. The van der Waals surface area contributed by atoms with Gasteiger partial charge in [0.1, 0.15) is 0 Å². The molecule has 1 heterocycles. The van der Waals surface area contributed by atoms with Crippen molar-refractivity contribution in [3.05, 3.63) is 52.1 Å². The standard InChI is InChI=1S/C22H28N4O6/c1-29-19-10-17(11-20(30-2)21(19)31-3)25-22(24-13-16-8-9-32-14-16)23-12-15-4-6-18(7-5-15)26(27)28/h4-7,10-11,16H,8-9,12-14H2,1-3H3,(H2,23,24,25). The number of benzene rings is 2. The van der Waals surface area contributed by atoms with Crippen LogP contribution in [0.15, 0.2) is 41.4 Å². The molecule has 1 aliphatic heterocycles. The van der Waals surface area contributed by atoms with Crippen LogP contribution >= 0.6 is 0 Å². The van der Waals surface area contributed by atoms with E-state index in [0.717, 1.165) is 18.6 Å². The molecule has 32 heavy (non-hydrogen) atoms. The predicted octanol–water partition coefficient (Wildman–Crippen LogP) is 3.21. The number of nitrogens with zero attached hydrogens (tertiary/aromatic N) is 2. The number of guanidine groups is 1. The van der Waals surface area contributed by atoms with Crippen molar-refractivity contribution in [2.45, 2.75) is 13.0 Å². The first-order chi connectivity index (χ1) is 15.5. The highest BCUT2D eigenvalue weighted by atomic mass is 16.6.